The smallest absolute Gasteiger partial charge is 0.101 e. The van der Waals surface area contributed by atoms with Crippen LogP contribution in [-0.2, 0) is 0 Å². The molecule has 0 aliphatic heterocycles. The average Bonchev–Trinajstić information content (AvgIpc) is 2.38. The Kier molecular flexibility index (Phi) is 6.17. The lowest BCUT2D eigenvalue weighted by Gasteiger charge is -2.24. The SMILES string of the molecule is CCN(CC)CC(C)Nc1ccc(Br)cc1C#N. The van der Waals surface area contributed by atoms with Crippen molar-refractivity contribution >= 4 is 21.6 Å². The maximum Gasteiger partial charge on any atom is 0.101 e. The van der Waals surface area contributed by atoms with E-state index in [1.807, 2.05) is 18.2 Å². The van der Waals surface area contributed by atoms with E-state index in [-0.39, 0.29) is 0 Å². The van der Waals surface area contributed by atoms with Gasteiger partial charge in [-0.05, 0) is 38.2 Å². The lowest BCUT2D eigenvalue weighted by Crippen LogP contribution is -2.34. The first-order chi connectivity index (χ1) is 8.60. The van der Waals surface area contributed by atoms with Gasteiger partial charge in [-0.1, -0.05) is 29.8 Å². The number of likely N-dealkylation sites (N-methyl/N-ethyl adjacent to an activating group) is 1. The molecule has 1 aromatic carbocycles. The Balaban J connectivity index is 2.70. The fourth-order valence-electron chi connectivity index (χ4n) is 1.92. The van der Waals surface area contributed by atoms with Gasteiger partial charge in [-0.3, -0.25) is 0 Å². The van der Waals surface area contributed by atoms with Gasteiger partial charge in [-0.2, -0.15) is 5.26 Å². The number of halogens is 1. The Hall–Kier alpha value is -1.05. The van der Waals surface area contributed by atoms with Crippen molar-refractivity contribution in [2.75, 3.05) is 25.0 Å². The third-order valence-corrected chi connectivity index (χ3v) is 3.42. The highest BCUT2D eigenvalue weighted by molar-refractivity contribution is 9.10. The van der Waals surface area contributed by atoms with Gasteiger partial charge in [0.1, 0.15) is 6.07 Å². The second kappa shape index (κ2) is 7.40. The summed E-state index contributed by atoms with van der Waals surface area (Å²) in [4.78, 5) is 2.36. The molecule has 0 aromatic heterocycles. The Morgan fingerprint density at radius 1 is 1.39 bits per heavy atom. The molecule has 18 heavy (non-hydrogen) atoms. The number of nitrogens with one attached hydrogen (secondary N) is 1. The third kappa shape index (κ3) is 4.32. The van der Waals surface area contributed by atoms with E-state index in [2.05, 4.69) is 53.0 Å². The molecule has 0 amide bonds. The van der Waals surface area contributed by atoms with Crippen LogP contribution in [-0.4, -0.2) is 30.6 Å². The molecule has 0 saturated carbocycles. The van der Waals surface area contributed by atoms with E-state index in [0.717, 1.165) is 29.8 Å². The summed E-state index contributed by atoms with van der Waals surface area (Å²) < 4.78 is 0.931. The summed E-state index contributed by atoms with van der Waals surface area (Å²) in [5.74, 6) is 0. The number of nitriles is 1. The lowest BCUT2D eigenvalue weighted by atomic mass is 10.1. The monoisotopic (exact) mass is 309 g/mol. The number of nitrogens with zero attached hydrogens (tertiary/aromatic N) is 2. The van der Waals surface area contributed by atoms with Crippen molar-refractivity contribution in [1.29, 1.82) is 5.26 Å². The van der Waals surface area contributed by atoms with Gasteiger partial charge in [-0.15, -0.1) is 0 Å². The van der Waals surface area contributed by atoms with Crippen LogP contribution in [0.15, 0.2) is 22.7 Å². The highest BCUT2D eigenvalue weighted by Crippen LogP contribution is 2.21. The molecule has 0 fully saturated rings. The third-order valence-electron chi connectivity index (χ3n) is 2.93. The molecule has 1 rings (SSSR count). The molecular weight excluding hydrogens is 290 g/mol. The topological polar surface area (TPSA) is 39.1 Å². The zero-order valence-corrected chi connectivity index (χ0v) is 12.8. The molecule has 0 heterocycles. The van der Waals surface area contributed by atoms with E-state index in [4.69, 9.17) is 5.26 Å². The zero-order chi connectivity index (χ0) is 13.5. The van der Waals surface area contributed by atoms with Gasteiger partial charge in [-0.25, -0.2) is 0 Å². The minimum atomic E-state index is 0.318. The van der Waals surface area contributed by atoms with Crippen molar-refractivity contribution in [2.45, 2.75) is 26.8 Å². The van der Waals surface area contributed by atoms with Gasteiger partial charge < -0.3 is 10.2 Å². The van der Waals surface area contributed by atoms with Crippen molar-refractivity contribution < 1.29 is 0 Å². The molecule has 1 N–H and O–H groups in total. The van der Waals surface area contributed by atoms with Crippen LogP contribution >= 0.6 is 15.9 Å². The molecule has 98 valence electrons. The van der Waals surface area contributed by atoms with E-state index in [1.54, 1.807) is 0 Å². The summed E-state index contributed by atoms with van der Waals surface area (Å²) in [5, 5.41) is 12.5. The van der Waals surface area contributed by atoms with Crippen LogP contribution < -0.4 is 5.32 Å². The van der Waals surface area contributed by atoms with Crippen molar-refractivity contribution in [1.82, 2.24) is 4.90 Å². The first-order valence-electron chi connectivity index (χ1n) is 6.29. The van der Waals surface area contributed by atoms with Crippen LogP contribution in [0.25, 0.3) is 0 Å². The second-order valence-corrected chi connectivity index (χ2v) is 5.25. The summed E-state index contributed by atoms with van der Waals surface area (Å²) in [6.07, 6.45) is 0. The van der Waals surface area contributed by atoms with E-state index in [0.29, 0.717) is 11.6 Å². The van der Waals surface area contributed by atoms with Gasteiger partial charge in [0.2, 0.25) is 0 Å². The van der Waals surface area contributed by atoms with Crippen molar-refractivity contribution in [2.24, 2.45) is 0 Å². The second-order valence-electron chi connectivity index (χ2n) is 4.33. The maximum absolute atomic E-state index is 9.11. The normalized spacial score (nSPS) is 12.2. The van der Waals surface area contributed by atoms with Gasteiger partial charge >= 0.3 is 0 Å². The first-order valence-corrected chi connectivity index (χ1v) is 7.08. The summed E-state index contributed by atoms with van der Waals surface area (Å²) in [6, 6.07) is 8.27. The molecule has 1 unspecified atom stereocenters. The minimum absolute atomic E-state index is 0.318. The van der Waals surface area contributed by atoms with Gasteiger partial charge in [0, 0.05) is 17.1 Å². The molecule has 3 nitrogen and oxygen atoms in total. The Bertz CT molecular complexity index is 422. The maximum atomic E-state index is 9.11. The van der Waals surface area contributed by atoms with Crippen LogP contribution in [0, 0.1) is 11.3 Å². The van der Waals surface area contributed by atoms with Crippen molar-refractivity contribution in [3.05, 3.63) is 28.2 Å². The Morgan fingerprint density at radius 2 is 2.06 bits per heavy atom. The Morgan fingerprint density at radius 3 is 2.61 bits per heavy atom. The molecular formula is C14H20BrN3. The highest BCUT2D eigenvalue weighted by atomic mass is 79.9. The number of rotatable bonds is 6. The van der Waals surface area contributed by atoms with Crippen LogP contribution in [0.1, 0.15) is 26.3 Å². The molecule has 1 aromatic rings. The fourth-order valence-corrected chi connectivity index (χ4v) is 2.28. The predicted octanol–water partition coefficient (Wildman–Crippen LogP) is 3.46. The van der Waals surface area contributed by atoms with Gasteiger partial charge in [0.05, 0.1) is 11.3 Å². The standard InChI is InChI=1S/C14H20BrN3/c1-4-18(5-2)10-11(3)17-14-7-6-13(15)8-12(14)9-16/h6-8,11,17H,4-5,10H2,1-3H3. The van der Waals surface area contributed by atoms with Crippen molar-refractivity contribution in [3.63, 3.8) is 0 Å². The number of anilines is 1. The quantitative estimate of drug-likeness (QED) is 0.874. The van der Waals surface area contributed by atoms with Crippen molar-refractivity contribution in [3.8, 4) is 6.07 Å². The zero-order valence-electron chi connectivity index (χ0n) is 11.2. The van der Waals surface area contributed by atoms with Crippen LogP contribution in [0.3, 0.4) is 0 Å². The molecule has 4 heteroatoms. The summed E-state index contributed by atoms with van der Waals surface area (Å²) >= 11 is 3.38. The predicted molar refractivity (Wildman–Crippen MR) is 79.7 cm³/mol. The summed E-state index contributed by atoms with van der Waals surface area (Å²) in [7, 11) is 0. The molecule has 0 aliphatic carbocycles. The number of hydrogen-bond donors (Lipinski definition) is 1. The van der Waals surface area contributed by atoms with Gasteiger partial charge in [0.25, 0.3) is 0 Å². The molecule has 0 radical (unpaired) electrons. The van der Waals surface area contributed by atoms with E-state index < -0.39 is 0 Å². The molecule has 0 aliphatic rings. The van der Waals surface area contributed by atoms with E-state index >= 15 is 0 Å². The summed E-state index contributed by atoms with van der Waals surface area (Å²) in [5.41, 5.74) is 1.58. The molecule has 0 bridgehead atoms. The van der Waals surface area contributed by atoms with E-state index in [9.17, 15) is 0 Å². The molecule has 1 atom stereocenters. The number of benzene rings is 1. The highest BCUT2D eigenvalue weighted by Gasteiger charge is 2.09. The van der Waals surface area contributed by atoms with E-state index in [1.165, 1.54) is 0 Å². The number of hydrogen-bond acceptors (Lipinski definition) is 3. The largest absolute Gasteiger partial charge is 0.380 e. The Labute approximate surface area is 118 Å². The first kappa shape index (κ1) is 15.0. The van der Waals surface area contributed by atoms with Crippen LogP contribution in [0.5, 0.6) is 0 Å². The average molecular weight is 310 g/mol. The lowest BCUT2D eigenvalue weighted by molar-refractivity contribution is 0.295. The van der Waals surface area contributed by atoms with Gasteiger partial charge in [0.15, 0.2) is 0 Å². The molecule has 0 spiro atoms. The molecule has 0 saturated heterocycles. The fraction of sp³-hybridized carbons (Fsp3) is 0.500. The van der Waals surface area contributed by atoms with Crippen LogP contribution in [0.2, 0.25) is 0 Å². The van der Waals surface area contributed by atoms with Crippen LogP contribution in [0.4, 0.5) is 5.69 Å². The minimum Gasteiger partial charge on any atom is -0.380 e. The summed E-state index contributed by atoms with van der Waals surface area (Å²) in [6.45, 7) is 9.55.